The Morgan fingerprint density at radius 2 is 1.52 bits per heavy atom. The molecule has 10 unspecified atom stereocenters. The molecule has 0 amide bonds. The highest BCUT2D eigenvalue weighted by atomic mass is 16.8. The van der Waals surface area contributed by atoms with Gasteiger partial charge < -0.3 is 47.4 Å². The van der Waals surface area contributed by atoms with Gasteiger partial charge in [0.25, 0.3) is 0 Å². The zero-order valence-electron chi connectivity index (χ0n) is 29.5. The van der Waals surface area contributed by atoms with E-state index in [9.17, 15) is 9.59 Å². The molecule has 276 valence electrons. The molecule has 0 aromatic rings. The minimum Gasteiger partial charge on any atom is -0.378 e. The lowest BCUT2D eigenvalue weighted by molar-refractivity contribution is -0.292. The number of Topliss-reactive ketones (excluding diaryl/α,β-unsaturated/α-hetero) is 1. The first kappa shape index (κ1) is 34.2. The van der Waals surface area contributed by atoms with Crippen LogP contribution < -0.4 is 0 Å². The van der Waals surface area contributed by atoms with E-state index in [1.54, 1.807) is 7.11 Å². The Morgan fingerprint density at radius 3 is 2.36 bits per heavy atom. The highest BCUT2D eigenvalue weighted by molar-refractivity contribution is 5.79. The van der Waals surface area contributed by atoms with Gasteiger partial charge in [-0.3, -0.25) is 4.79 Å². The summed E-state index contributed by atoms with van der Waals surface area (Å²) in [5.74, 6) is -0.608. The van der Waals surface area contributed by atoms with Gasteiger partial charge in [0.15, 0.2) is 5.79 Å². The molecule has 10 rings (SSSR count). The summed E-state index contributed by atoms with van der Waals surface area (Å²) < 4.78 is 59.6. The van der Waals surface area contributed by atoms with Crippen LogP contribution in [0.2, 0.25) is 0 Å². The fourth-order valence-corrected chi connectivity index (χ4v) is 11.0. The number of methoxy groups -OCH3 is 1. The van der Waals surface area contributed by atoms with E-state index >= 15 is 0 Å². The minimum atomic E-state index is -0.776. The van der Waals surface area contributed by atoms with Crippen molar-refractivity contribution in [2.45, 2.75) is 188 Å². The molecule has 0 aromatic carbocycles. The molecule has 10 aliphatic rings. The van der Waals surface area contributed by atoms with Crippen LogP contribution >= 0.6 is 0 Å². The van der Waals surface area contributed by atoms with Crippen LogP contribution in [0.3, 0.4) is 0 Å². The molecular weight excluding hydrogens is 644 g/mol. The predicted molar refractivity (Wildman–Crippen MR) is 177 cm³/mol. The third-order valence-corrected chi connectivity index (χ3v) is 13.5. The van der Waals surface area contributed by atoms with Crippen LogP contribution in [-0.4, -0.2) is 117 Å². The van der Waals surface area contributed by atoms with Gasteiger partial charge in [-0.05, 0) is 62.0 Å². The van der Waals surface area contributed by atoms with Crippen molar-refractivity contribution < 1.29 is 52.2 Å². The standard InChI is InChI=1S/C39H54O11/c1-19-13-23-5-7-27-20(2)14-25(43-27)9-11-39-18-32-35(49-39)36-37(48-32)38(50-39)34-28(47-36)8-6-24(45-34)15-22(41)16-26-31(17-30(44-23)21(19)3)46-29(10-12-40)33(26)42-4/h12,19,23-38H,2-3,5-11,13-18H2,1,4H3/t19?,23?,24?,25?,26?,27-,28?,29+,30?,31-,32?,33+,34-,35?,36-,37+,38?,39-/m0/s1. The molecule has 10 aliphatic heterocycles. The molecule has 0 aromatic heterocycles. The number of aldehydes is 1. The average Bonchev–Trinajstić information content (AvgIpc) is 3.76. The highest BCUT2D eigenvalue weighted by Crippen LogP contribution is 2.54. The molecule has 11 nitrogen and oxygen atoms in total. The number of ether oxygens (including phenoxy) is 9. The van der Waals surface area contributed by atoms with Gasteiger partial charge in [-0.25, -0.2) is 0 Å². The van der Waals surface area contributed by atoms with E-state index in [0.29, 0.717) is 19.3 Å². The van der Waals surface area contributed by atoms with Crippen LogP contribution in [0.15, 0.2) is 24.3 Å². The number of carbonyl (C=O) groups is 2. The Morgan fingerprint density at radius 1 is 0.760 bits per heavy atom. The Kier molecular flexibility index (Phi) is 9.17. The SMILES string of the molecule is C=C1C(C)CC2CC[C@@H]3OC(CC[C@@]45CC6O[C@H]7C(O4)[C@H]4OC(CCC4O[C@H]7C6O5)CC(=O)CC4[C@H](CC1O2)O[C@H](CC=O)[C@@H]4OC)CC3=C. The van der Waals surface area contributed by atoms with Crippen molar-refractivity contribution in [2.24, 2.45) is 11.8 Å². The Hall–Kier alpha value is -1.54. The number of hydrogen-bond donors (Lipinski definition) is 0. The second-order valence-electron chi connectivity index (χ2n) is 16.7. The van der Waals surface area contributed by atoms with Crippen molar-refractivity contribution in [1.82, 2.24) is 0 Å². The van der Waals surface area contributed by atoms with Crippen LogP contribution in [0.5, 0.6) is 0 Å². The molecule has 11 heteroatoms. The van der Waals surface area contributed by atoms with E-state index in [1.165, 1.54) is 0 Å². The summed E-state index contributed by atoms with van der Waals surface area (Å²) in [5, 5.41) is 0. The van der Waals surface area contributed by atoms with Crippen molar-refractivity contribution in [3.63, 3.8) is 0 Å². The van der Waals surface area contributed by atoms with Gasteiger partial charge in [-0.2, -0.15) is 0 Å². The van der Waals surface area contributed by atoms with Gasteiger partial charge >= 0.3 is 0 Å². The fourth-order valence-electron chi connectivity index (χ4n) is 11.0. The predicted octanol–water partition coefficient (Wildman–Crippen LogP) is 4.32. The van der Waals surface area contributed by atoms with Crippen molar-refractivity contribution >= 4 is 12.1 Å². The van der Waals surface area contributed by atoms with Crippen LogP contribution in [0.25, 0.3) is 0 Å². The number of hydrogen-bond acceptors (Lipinski definition) is 11. The van der Waals surface area contributed by atoms with Crippen molar-refractivity contribution in [3.8, 4) is 0 Å². The monoisotopic (exact) mass is 698 g/mol. The molecule has 0 aliphatic carbocycles. The van der Waals surface area contributed by atoms with Crippen molar-refractivity contribution in [3.05, 3.63) is 24.3 Å². The van der Waals surface area contributed by atoms with Crippen LogP contribution in [-0.2, 0) is 52.2 Å². The molecule has 10 saturated heterocycles. The molecule has 12 bridgehead atoms. The van der Waals surface area contributed by atoms with Gasteiger partial charge in [0, 0.05) is 51.6 Å². The molecule has 10 heterocycles. The van der Waals surface area contributed by atoms with E-state index < -0.39 is 11.9 Å². The summed E-state index contributed by atoms with van der Waals surface area (Å²) in [6, 6.07) is 0. The molecule has 0 radical (unpaired) electrons. The summed E-state index contributed by atoms with van der Waals surface area (Å²) in [6.07, 6.45) is 6.39. The summed E-state index contributed by atoms with van der Waals surface area (Å²) >= 11 is 0. The first-order valence-corrected chi connectivity index (χ1v) is 19.3. The van der Waals surface area contributed by atoms with Crippen LogP contribution in [0, 0.1) is 11.8 Å². The van der Waals surface area contributed by atoms with E-state index in [4.69, 9.17) is 42.6 Å². The Balaban J connectivity index is 0.996. The maximum atomic E-state index is 13.9. The highest BCUT2D eigenvalue weighted by Gasteiger charge is 2.68. The van der Waals surface area contributed by atoms with Gasteiger partial charge in [0.1, 0.15) is 42.6 Å². The van der Waals surface area contributed by atoms with E-state index in [-0.39, 0.29) is 122 Å². The van der Waals surface area contributed by atoms with Gasteiger partial charge in [-0.15, -0.1) is 0 Å². The third kappa shape index (κ3) is 6.00. The molecule has 50 heavy (non-hydrogen) atoms. The van der Waals surface area contributed by atoms with Crippen LogP contribution in [0.4, 0.5) is 0 Å². The lowest BCUT2D eigenvalue weighted by Crippen LogP contribution is -2.61. The Labute approximate surface area is 295 Å². The summed E-state index contributed by atoms with van der Waals surface area (Å²) in [7, 11) is 1.64. The molecule has 0 N–H and O–H groups in total. The number of rotatable bonds is 3. The normalized spacial score (nSPS) is 53.2. The summed E-state index contributed by atoms with van der Waals surface area (Å²) in [5.41, 5.74) is 2.20. The van der Waals surface area contributed by atoms with E-state index in [2.05, 4.69) is 20.1 Å². The van der Waals surface area contributed by atoms with E-state index in [0.717, 1.165) is 62.4 Å². The number of ketones is 1. The summed E-state index contributed by atoms with van der Waals surface area (Å²) in [4.78, 5) is 25.6. The van der Waals surface area contributed by atoms with Crippen molar-refractivity contribution in [2.75, 3.05) is 7.11 Å². The van der Waals surface area contributed by atoms with Crippen LogP contribution in [0.1, 0.15) is 90.4 Å². The van der Waals surface area contributed by atoms with Gasteiger partial charge in [0.05, 0.1) is 61.0 Å². The zero-order valence-corrected chi connectivity index (χ0v) is 29.5. The quantitative estimate of drug-likeness (QED) is 0.310. The maximum Gasteiger partial charge on any atom is 0.172 e. The summed E-state index contributed by atoms with van der Waals surface area (Å²) in [6.45, 7) is 11.1. The van der Waals surface area contributed by atoms with Crippen molar-refractivity contribution in [1.29, 1.82) is 0 Å². The lowest BCUT2D eigenvalue weighted by atomic mass is 9.81. The first-order valence-electron chi connectivity index (χ1n) is 19.3. The lowest BCUT2D eigenvalue weighted by Gasteiger charge is -2.47. The maximum absolute atomic E-state index is 13.9. The zero-order chi connectivity index (χ0) is 34.3. The molecule has 18 atom stereocenters. The third-order valence-electron chi connectivity index (χ3n) is 13.5. The van der Waals surface area contributed by atoms with Gasteiger partial charge in [-0.1, -0.05) is 20.1 Å². The molecule has 0 saturated carbocycles. The molecular formula is C39H54O11. The molecule has 1 spiro atoms. The first-order chi connectivity index (χ1) is 24.2. The number of carbonyl (C=O) groups excluding carboxylic acids is 2. The van der Waals surface area contributed by atoms with Gasteiger partial charge in [0.2, 0.25) is 0 Å². The topological polar surface area (TPSA) is 117 Å². The number of fused-ring (bicyclic) bond motifs is 6. The smallest absolute Gasteiger partial charge is 0.172 e. The fraction of sp³-hybridized carbons (Fsp3) is 0.846. The Bertz CT molecular complexity index is 1350. The van der Waals surface area contributed by atoms with E-state index in [1.807, 2.05) is 0 Å². The second-order valence-corrected chi connectivity index (χ2v) is 16.7. The minimum absolute atomic E-state index is 0.0117. The average molecular weight is 699 g/mol. The largest absolute Gasteiger partial charge is 0.378 e. The molecule has 10 fully saturated rings. The second kappa shape index (κ2) is 13.4.